The third-order valence-corrected chi connectivity index (χ3v) is 0. The minimum atomic E-state index is 0. The van der Waals surface area contributed by atoms with E-state index in [-0.39, 0.29) is 120 Å². The van der Waals surface area contributed by atoms with E-state index in [0.29, 0.717) is 0 Å². The van der Waals surface area contributed by atoms with Crippen LogP contribution in [0, 0.1) is 33.3 Å². The van der Waals surface area contributed by atoms with E-state index in [1.54, 1.807) is 0 Å². The van der Waals surface area contributed by atoms with Gasteiger partial charge >= 0.3 is 159 Å². The molecule has 0 aromatic carbocycles. The van der Waals surface area contributed by atoms with Crippen molar-refractivity contribution < 1.29 is 143 Å². The van der Waals surface area contributed by atoms with Gasteiger partial charge in [-0.2, -0.15) is 0 Å². The van der Waals surface area contributed by atoms with Crippen molar-refractivity contribution in [3.8, 4) is 0 Å². The van der Waals surface area contributed by atoms with Crippen LogP contribution in [0.5, 0.6) is 0 Å². The normalized spacial score (nSPS) is 0.769. The molecule has 0 aliphatic carbocycles. The van der Waals surface area contributed by atoms with E-state index in [1.807, 2.05) is 0 Å². The van der Waals surface area contributed by atoms with Crippen molar-refractivity contribution in [1.82, 2.24) is 0 Å². The number of rotatable bonds is 0. The molecule has 0 N–H and O–H groups in total. The van der Waals surface area contributed by atoms with E-state index >= 15 is 0 Å². The molecule has 0 aromatic heterocycles. The predicted molar refractivity (Wildman–Crippen MR) is 19.6 cm³/mol. The summed E-state index contributed by atoms with van der Waals surface area (Å²) in [5.74, 6) is 0. The van der Waals surface area contributed by atoms with Crippen LogP contribution < -0.4 is 103 Å². The van der Waals surface area contributed by atoms with Crippen molar-refractivity contribution in [2.75, 3.05) is 0 Å². The van der Waals surface area contributed by atoms with Gasteiger partial charge in [0.25, 0.3) is 0 Å². The molecule has 0 fully saturated rings. The van der Waals surface area contributed by atoms with Crippen LogP contribution in [0.15, 0.2) is 0 Å². The standard InChI is InChI=1S/5CO.Cr.2K/c5*1-2;;;/q;;;;;;2*+1. The van der Waals surface area contributed by atoms with Crippen LogP contribution in [0.3, 0.4) is 0 Å². The van der Waals surface area contributed by atoms with Crippen LogP contribution in [-0.2, 0) is 40.6 Å². The van der Waals surface area contributed by atoms with Crippen LogP contribution >= 0.6 is 0 Å². The molecule has 0 spiro atoms. The second-order valence-electron chi connectivity index (χ2n) is 0. The van der Waals surface area contributed by atoms with E-state index < -0.39 is 0 Å². The van der Waals surface area contributed by atoms with Gasteiger partial charge in [0.2, 0.25) is 0 Å². The Hall–Kier alpha value is 2.51. The fourth-order valence-corrected chi connectivity index (χ4v) is 0. The first-order valence-corrected chi connectivity index (χ1v) is 1.02. The first kappa shape index (κ1) is 57.9. The third-order valence-electron chi connectivity index (χ3n) is 0. The summed E-state index contributed by atoms with van der Waals surface area (Å²) in [6.07, 6.45) is 0. The zero-order valence-corrected chi connectivity index (χ0v) is 14.5. The average molecular weight is 270 g/mol. The predicted octanol–water partition coefficient (Wildman–Crippen LogP) is -6.18. The number of hydrogen-bond donors (Lipinski definition) is 0. The fourth-order valence-electron chi connectivity index (χ4n) is 0. The van der Waals surface area contributed by atoms with Gasteiger partial charge in [-0.25, -0.2) is 0 Å². The van der Waals surface area contributed by atoms with Crippen LogP contribution in [0.4, 0.5) is 0 Å². The van der Waals surface area contributed by atoms with E-state index in [4.69, 9.17) is 23.3 Å². The second kappa shape index (κ2) is 422. The minimum Gasteiger partial charge on any atom is 0 e. The van der Waals surface area contributed by atoms with E-state index in [2.05, 4.69) is 33.3 Å². The van der Waals surface area contributed by atoms with Crippen LogP contribution in [-0.4, -0.2) is 0 Å². The summed E-state index contributed by atoms with van der Waals surface area (Å²) in [6, 6.07) is 0. The maximum Gasteiger partial charge on any atom is 1.00 e. The van der Waals surface area contributed by atoms with Crippen molar-refractivity contribution in [2.24, 2.45) is 0 Å². The van der Waals surface area contributed by atoms with E-state index in [1.165, 1.54) is 0 Å². The molecule has 0 aliphatic heterocycles. The van der Waals surface area contributed by atoms with Gasteiger partial charge in [-0.3, -0.25) is 0 Å². The first-order chi connectivity index (χ1) is 5.00. The molecule has 0 heterocycles. The topological polar surface area (TPSA) is 99.5 Å². The Kier molecular flexibility index (Phi) is 1880. The van der Waals surface area contributed by atoms with Gasteiger partial charge in [0, 0.05) is 17.4 Å². The summed E-state index contributed by atoms with van der Waals surface area (Å²) < 4.78 is 37.5. The summed E-state index contributed by atoms with van der Waals surface area (Å²) in [7, 11) is 0. The Morgan fingerprint density at radius 1 is 0.385 bits per heavy atom. The Labute approximate surface area is 172 Å². The SMILES string of the molecule is [C-]#[O+].[C-]#[O+].[C-]#[O+].[C-]#[O+].[C-]#[O+].[Cr].[K+].[K+]. The molecule has 0 saturated carbocycles. The molecule has 0 bridgehead atoms. The molecular formula is C5CrK2O5+2. The molecule has 5 nitrogen and oxygen atoms in total. The zero-order valence-electron chi connectivity index (χ0n) is 6.95. The second-order valence-corrected chi connectivity index (χ2v) is 0. The fraction of sp³-hybridized carbons (Fsp3) is 0. The van der Waals surface area contributed by atoms with Gasteiger partial charge in [0.15, 0.2) is 0 Å². The summed E-state index contributed by atoms with van der Waals surface area (Å²) in [6.45, 7) is 22.5. The van der Waals surface area contributed by atoms with Gasteiger partial charge in [-0.05, 0) is 0 Å². The van der Waals surface area contributed by atoms with E-state index in [9.17, 15) is 0 Å². The molecule has 56 valence electrons. The maximum atomic E-state index is 7.50. The van der Waals surface area contributed by atoms with Crippen LogP contribution in [0.25, 0.3) is 0 Å². The van der Waals surface area contributed by atoms with Crippen molar-refractivity contribution in [3.63, 3.8) is 0 Å². The molecule has 13 heavy (non-hydrogen) atoms. The summed E-state index contributed by atoms with van der Waals surface area (Å²) in [4.78, 5) is 0. The van der Waals surface area contributed by atoms with Crippen LogP contribution in [0.2, 0.25) is 0 Å². The van der Waals surface area contributed by atoms with E-state index in [0.717, 1.165) is 0 Å². The average Bonchev–Trinajstić information content (AvgIpc) is 2.20. The molecule has 0 atom stereocenters. The smallest absolute Gasteiger partial charge is 0 e. The van der Waals surface area contributed by atoms with Gasteiger partial charge in [0.05, 0.1) is 0 Å². The molecule has 0 unspecified atom stereocenters. The van der Waals surface area contributed by atoms with Gasteiger partial charge in [0.1, 0.15) is 0 Å². The van der Waals surface area contributed by atoms with Gasteiger partial charge in [-0.15, -0.1) is 0 Å². The van der Waals surface area contributed by atoms with Gasteiger partial charge in [-0.1, -0.05) is 0 Å². The molecule has 0 aromatic rings. The van der Waals surface area contributed by atoms with Crippen molar-refractivity contribution in [3.05, 3.63) is 33.3 Å². The Balaban J connectivity index is -0.00000000379. The van der Waals surface area contributed by atoms with Crippen molar-refractivity contribution in [2.45, 2.75) is 0 Å². The summed E-state index contributed by atoms with van der Waals surface area (Å²) in [5.41, 5.74) is 0. The molecule has 8 heteroatoms. The molecular weight excluding hydrogens is 270 g/mol. The summed E-state index contributed by atoms with van der Waals surface area (Å²) in [5, 5.41) is 0. The molecule has 0 amide bonds. The van der Waals surface area contributed by atoms with Crippen molar-refractivity contribution in [1.29, 1.82) is 0 Å². The van der Waals surface area contributed by atoms with Gasteiger partial charge < -0.3 is 0 Å². The molecule has 0 radical (unpaired) electrons. The van der Waals surface area contributed by atoms with Crippen LogP contribution in [0.1, 0.15) is 0 Å². The molecule has 0 rings (SSSR count). The Morgan fingerprint density at radius 3 is 0.385 bits per heavy atom. The minimum absolute atomic E-state index is 0. The first-order valence-electron chi connectivity index (χ1n) is 1.02. The monoisotopic (exact) mass is 270 g/mol. The summed E-state index contributed by atoms with van der Waals surface area (Å²) >= 11 is 0. The molecule has 0 saturated heterocycles. The largest absolute Gasteiger partial charge is 1.00 e. The quantitative estimate of drug-likeness (QED) is 0.238. The zero-order chi connectivity index (χ0) is 10.0. The third kappa shape index (κ3) is 361. The van der Waals surface area contributed by atoms with Crippen molar-refractivity contribution >= 4 is 0 Å². The Morgan fingerprint density at radius 2 is 0.385 bits per heavy atom. The maximum absolute atomic E-state index is 7.50. The number of hydrogen-bond acceptors (Lipinski definition) is 0. The molecule has 0 aliphatic rings. The Bertz CT molecular complexity index is 81.5.